The zero-order chi connectivity index (χ0) is 15.3. The highest BCUT2D eigenvalue weighted by molar-refractivity contribution is 7.99. The first kappa shape index (κ1) is 17.1. The lowest BCUT2D eigenvalue weighted by molar-refractivity contribution is -0.141. The Morgan fingerprint density at radius 3 is 2.35 bits per heavy atom. The molecule has 0 radical (unpaired) electrons. The molecule has 1 fully saturated rings. The molecule has 20 heavy (non-hydrogen) atoms. The van der Waals surface area contributed by atoms with E-state index in [-0.39, 0.29) is 12.1 Å². The van der Waals surface area contributed by atoms with Crippen LogP contribution in [0.2, 0.25) is 0 Å². The summed E-state index contributed by atoms with van der Waals surface area (Å²) >= 11 is 1.77. The molecule has 0 aromatic carbocycles. The van der Waals surface area contributed by atoms with Crippen LogP contribution in [0.4, 0.5) is 4.79 Å². The number of nitrogens with one attached hydrogen (secondary N) is 2. The van der Waals surface area contributed by atoms with E-state index < -0.39 is 17.4 Å². The Hall–Kier alpha value is -0.910. The average molecular weight is 302 g/mol. The molecule has 0 heterocycles. The van der Waals surface area contributed by atoms with E-state index in [2.05, 4.69) is 16.9 Å². The second-order valence-electron chi connectivity index (χ2n) is 6.42. The highest BCUT2D eigenvalue weighted by atomic mass is 32.2. The molecular weight excluding hydrogens is 276 g/mol. The molecule has 1 aliphatic carbocycles. The quantitative estimate of drug-likeness (QED) is 0.745. The SMILES string of the molecule is CSC1CCCCC1NC(=O)N[C@H](C(=O)O)C(C)(C)C. The first-order valence-corrected chi connectivity index (χ1v) is 8.37. The van der Waals surface area contributed by atoms with Gasteiger partial charge in [0.2, 0.25) is 0 Å². The third-order valence-electron chi connectivity index (χ3n) is 3.71. The molecule has 5 nitrogen and oxygen atoms in total. The third kappa shape index (κ3) is 4.89. The van der Waals surface area contributed by atoms with Gasteiger partial charge in [0.1, 0.15) is 6.04 Å². The van der Waals surface area contributed by atoms with Gasteiger partial charge in [0.05, 0.1) is 0 Å². The van der Waals surface area contributed by atoms with Gasteiger partial charge in [0.15, 0.2) is 0 Å². The number of carbonyl (C=O) groups is 2. The van der Waals surface area contributed by atoms with E-state index in [0.29, 0.717) is 5.25 Å². The molecule has 0 saturated heterocycles. The summed E-state index contributed by atoms with van der Waals surface area (Å²) in [6, 6.07) is -1.13. The monoisotopic (exact) mass is 302 g/mol. The fourth-order valence-corrected chi connectivity index (χ4v) is 3.47. The van der Waals surface area contributed by atoms with Gasteiger partial charge >= 0.3 is 12.0 Å². The van der Waals surface area contributed by atoms with Crippen molar-refractivity contribution in [3.8, 4) is 0 Å². The molecule has 3 atom stereocenters. The zero-order valence-corrected chi connectivity index (χ0v) is 13.5. The van der Waals surface area contributed by atoms with Crippen molar-refractivity contribution in [1.82, 2.24) is 10.6 Å². The van der Waals surface area contributed by atoms with E-state index in [1.54, 1.807) is 32.5 Å². The summed E-state index contributed by atoms with van der Waals surface area (Å²) in [5, 5.41) is 15.2. The van der Waals surface area contributed by atoms with Crippen LogP contribution in [0.15, 0.2) is 0 Å². The number of thioether (sulfide) groups is 1. The molecule has 1 aliphatic rings. The van der Waals surface area contributed by atoms with Crippen molar-refractivity contribution in [2.75, 3.05) is 6.26 Å². The van der Waals surface area contributed by atoms with Crippen molar-refractivity contribution in [3.05, 3.63) is 0 Å². The topological polar surface area (TPSA) is 78.4 Å². The van der Waals surface area contributed by atoms with Gasteiger partial charge in [-0.1, -0.05) is 33.6 Å². The number of hydrogen-bond acceptors (Lipinski definition) is 3. The second kappa shape index (κ2) is 7.20. The maximum absolute atomic E-state index is 12.0. The minimum absolute atomic E-state index is 0.133. The Kier molecular flexibility index (Phi) is 6.17. The predicted molar refractivity (Wildman–Crippen MR) is 82.1 cm³/mol. The number of carbonyl (C=O) groups excluding carboxylic acids is 1. The molecule has 2 unspecified atom stereocenters. The largest absolute Gasteiger partial charge is 0.480 e. The van der Waals surface area contributed by atoms with Gasteiger partial charge in [-0.25, -0.2) is 9.59 Å². The van der Waals surface area contributed by atoms with Crippen LogP contribution in [0, 0.1) is 5.41 Å². The van der Waals surface area contributed by atoms with E-state index in [0.717, 1.165) is 19.3 Å². The van der Waals surface area contributed by atoms with Crippen molar-refractivity contribution in [2.24, 2.45) is 5.41 Å². The zero-order valence-electron chi connectivity index (χ0n) is 12.7. The van der Waals surface area contributed by atoms with Crippen LogP contribution >= 0.6 is 11.8 Å². The lowest BCUT2D eigenvalue weighted by Crippen LogP contribution is -2.55. The Balaban J connectivity index is 2.59. The molecule has 0 aromatic heterocycles. The number of rotatable bonds is 4. The standard InChI is InChI=1S/C14H26N2O3S/c1-14(2,3)11(12(17)18)16-13(19)15-9-7-5-6-8-10(9)20-4/h9-11H,5-8H2,1-4H3,(H,17,18)(H2,15,16,19)/t9?,10?,11-/m1/s1. The number of carboxylic acid groups (broad SMARTS) is 1. The summed E-state index contributed by atoms with van der Waals surface area (Å²) in [7, 11) is 0. The highest BCUT2D eigenvalue weighted by Gasteiger charge is 2.34. The summed E-state index contributed by atoms with van der Waals surface area (Å²) in [6.07, 6.45) is 6.44. The molecule has 0 aliphatic heterocycles. The number of urea groups is 1. The van der Waals surface area contributed by atoms with E-state index in [9.17, 15) is 14.7 Å². The molecule has 0 bridgehead atoms. The van der Waals surface area contributed by atoms with Crippen molar-refractivity contribution in [1.29, 1.82) is 0 Å². The van der Waals surface area contributed by atoms with Crippen LogP contribution in [-0.4, -0.2) is 40.7 Å². The number of hydrogen-bond donors (Lipinski definition) is 3. The molecule has 0 spiro atoms. The van der Waals surface area contributed by atoms with E-state index in [1.165, 1.54) is 6.42 Å². The lowest BCUT2D eigenvalue weighted by Gasteiger charge is -2.33. The minimum Gasteiger partial charge on any atom is -0.480 e. The predicted octanol–water partition coefficient (Wildman–Crippen LogP) is 2.46. The van der Waals surface area contributed by atoms with Gasteiger partial charge in [-0.15, -0.1) is 0 Å². The summed E-state index contributed by atoms with van der Waals surface area (Å²) < 4.78 is 0. The molecule has 1 saturated carbocycles. The van der Waals surface area contributed by atoms with Crippen LogP contribution in [0.1, 0.15) is 46.5 Å². The van der Waals surface area contributed by atoms with Crippen LogP contribution in [0.25, 0.3) is 0 Å². The van der Waals surface area contributed by atoms with Crippen molar-refractivity contribution in [3.63, 3.8) is 0 Å². The van der Waals surface area contributed by atoms with Crippen molar-refractivity contribution < 1.29 is 14.7 Å². The smallest absolute Gasteiger partial charge is 0.326 e. The minimum atomic E-state index is -1.00. The molecular formula is C14H26N2O3S. The number of carboxylic acids is 1. The number of amides is 2. The van der Waals surface area contributed by atoms with E-state index >= 15 is 0 Å². The maximum Gasteiger partial charge on any atom is 0.326 e. The van der Waals surface area contributed by atoms with Gasteiger partial charge in [-0.3, -0.25) is 0 Å². The van der Waals surface area contributed by atoms with Crippen molar-refractivity contribution >= 4 is 23.8 Å². The summed E-state index contributed by atoms with van der Waals surface area (Å²) in [4.78, 5) is 23.3. The maximum atomic E-state index is 12.0. The van der Waals surface area contributed by atoms with Crippen LogP contribution in [-0.2, 0) is 4.79 Å². The van der Waals surface area contributed by atoms with Gasteiger partial charge in [-0.05, 0) is 24.5 Å². The summed E-state index contributed by atoms with van der Waals surface area (Å²) in [5.74, 6) is -1.00. The molecule has 2 amide bonds. The first-order chi connectivity index (χ1) is 9.25. The Morgan fingerprint density at radius 2 is 1.85 bits per heavy atom. The van der Waals surface area contributed by atoms with Gasteiger partial charge < -0.3 is 15.7 Å². The third-order valence-corrected chi connectivity index (χ3v) is 4.88. The van der Waals surface area contributed by atoms with Crippen molar-refractivity contribution in [2.45, 2.75) is 63.8 Å². The normalized spacial score (nSPS) is 24.8. The van der Waals surface area contributed by atoms with Gasteiger partial charge in [0.25, 0.3) is 0 Å². The molecule has 6 heteroatoms. The Bertz CT molecular complexity index is 355. The van der Waals surface area contributed by atoms with Crippen LogP contribution in [0.3, 0.4) is 0 Å². The fraction of sp³-hybridized carbons (Fsp3) is 0.857. The second-order valence-corrected chi connectivity index (χ2v) is 7.50. The molecule has 3 N–H and O–H groups in total. The van der Waals surface area contributed by atoms with Gasteiger partial charge in [0, 0.05) is 11.3 Å². The van der Waals surface area contributed by atoms with Crippen LogP contribution < -0.4 is 10.6 Å². The summed E-state index contributed by atoms with van der Waals surface area (Å²) in [6.45, 7) is 5.41. The molecule has 116 valence electrons. The van der Waals surface area contributed by atoms with E-state index in [1.807, 2.05) is 0 Å². The fourth-order valence-electron chi connectivity index (χ4n) is 2.53. The van der Waals surface area contributed by atoms with Crippen LogP contribution in [0.5, 0.6) is 0 Å². The van der Waals surface area contributed by atoms with E-state index in [4.69, 9.17) is 0 Å². The first-order valence-electron chi connectivity index (χ1n) is 7.08. The summed E-state index contributed by atoms with van der Waals surface area (Å²) in [5.41, 5.74) is -0.519. The average Bonchev–Trinajstić information content (AvgIpc) is 2.35. The number of aliphatic carboxylic acids is 1. The molecule has 1 rings (SSSR count). The molecule has 0 aromatic rings. The Morgan fingerprint density at radius 1 is 1.25 bits per heavy atom. The Labute approximate surface area is 125 Å². The highest BCUT2D eigenvalue weighted by Crippen LogP contribution is 2.27. The lowest BCUT2D eigenvalue weighted by atomic mass is 9.87. The van der Waals surface area contributed by atoms with Gasteiger partial charge in [-0.2, -0.15) is 11.8 Å².